The first-order valence-corrected chi connectivity index (χ1v) is 4.19. The zero-order valence-corrected chi connectivity index (χ0v) is 6.83. The fourth-order valence-corrected chi connectivity index (χ4v) is 1.28. The van der Waals surface area contributed by atoms with Gasteiger partial charge in [-0.1, -0.05) is 6.08 Å². The maximum Gasteiger partial charge on any atom is 0.108 e. The third kappa shape index (κ3) is 1.44. The van der Waals surface area contributed by atoms with Crippen molar-refractivity contribution in [2.75, 3.05) is 6.54 Å². The second-order valence-corrected chi connectivity index (χ2v) is 2.80. The van der Waals surface area contributed by atoms with E-state index in [4.69, 9.17) is 0 Å². The molecular weight excluding hydrogens is 150 g/mol. The van der Waals surface area contributed by atoms with Gasteiger partial charge in [0.25, 0.3) is 0 Å². The van der Waals surface area contributed by atoms with E-state index in [1.54, 1.807) is 6.20 Å². The number of nitrogens with one attached hydrogen (secondary N) is 1. The van der Waals surface area contributed by atoms with Crippen molar-refractivity contribution < 1.29 is 0 Å². The van der Waals surface area contributed by atoms with Gasteiger partial charge >= 0.3 is 0 Å². The van der Waals surface area contributed by atoms with Crippen molar-refractivity contribution in [3.05, 3.63) is 30.1 Å². The molecule has 0 bridgehead atoms. The topological polar surface area (TPSA) is 37.8 Å². The fraction of sp³-hybridized carbons (Fsp3) is 0.333. The van der Waals surface area contributed by atoms with E-state index in [2.05, 4.69) is 21.6 Å². The Balaban J connectivity index is 2.24. The first-order valence-electron chi connectivity index (χ1n) is 4.19. The Hall–Kier alpha value is -1.38. The first-order chi connectivity index (χ1) is 5.97. The van der Waals surface area contributed by atoms with Crippen molar-refractivity contribution in [2.45, 2.75) is 12.8 Å². The van der Waals surface area contributed by atoms with Gasteiger partial charge in [-0.15, -0.1) is 5.10 Å². The van der Waals surface area contributed by atoms with Gasteiger partial charge in [0.2, 0.25) is 0 Å². The molecule has 0 aromatic carbocycles. The van der Waals surface area contributed by atoms with Crippen LogP contribution in [0.4, 0.5) is 0 Å². The molecule has 0 saturated carbocycles. The highest BCUT2D eigenvalue weighted by Gasteiger charge is 2.04. The Bertz CT molecular complexity index is 279. The molecule has 0 saturated heterocycles. The summed E-state index contributed by atoms with van der Waals surface area (Å²) in [5, 5.41) is 11.1. The predicted octanol–water partition coefficient (Wildman–Crippen LogP) is 1.20. The molecule has 0 spiro atoms. The lowest BCUT2D eigenvalue weighted by Crippen LogP contribution is -2.18. The van der Waals surface area contributed by atoms with E-state index in [0.717, 1.165) is 24.4 Å². The van der Waals surface area contributed by atoms with Crippen LogP contribution in [0.15, 0.2) is 24.4 Å². The Kier molecular flexibility index (Phi) is 2.03. The van der Waals surface area contributed by atoms with Crippen molar-refractivity contribution in [2.24, 2.45) is 0 Å². The average molecular weight is 161 g/mol. The Morgan fingerprint density at radius 1 is 1.42 bits per heavy atom. The molecule has 3 heteroatoms. The van der Waals surface area contributed by atoms with Gasteiger partial charge in [0.15, 0.2) is 0 Å². The molecule has 1 aliphatic rings. The molecule has 0 radical (unpaired) electrons. The van der Waals surface area contributed by atoms with Crippen LogP contribution in [0, 0.1) is 0 Å². The summed E-state index contributed by atoms with van der Waals surface area (Å²) in [4.78, 5) is 0. The molecule has 62 valence electrons. The first kappa shape index (κ1) is 7.28. The summed E-state index contributed by atoms with van der Waals surface area (Å²) in [5.41, 5.74) is 2.06. The molecule has 0 atom stereocenters. The van der Waals surface area contributed by atoms with Gasteiger partial charge in [0.05, 0.1) is 5.70 Å². The van der Waals surface area contributed by atoms with Crippen LogP contribution in [0.25, 0.3) is 5.70 Å². The molecule has 1 aromatic rings. The predicted molar refractivity (Wildman–Crippen MR) is 47.2 cm³/mol. The third-order valence-electron chi connectivity index (χ3n) is 1.89. The van der Waals surface area contributed by atoms with Crippen molar-refractivity contribution in [1.82, 2.24) is 15.5 Å². The minimum Gasteiger partial charge on any atom is -0.383 e. The average Bonchev–Trinajstić information content (AvgIpc) is 2.21. The summed E-state index contributed by atoms with van der Waals surface area (Å²) < 4.78 is 0. The minimum atomic E-state index is 0.942. The zero-order valence-electron chi connectivity index (χ0n) is 6.83. The summed E-state index contributed by atoms with van der Waals surface area (Å²) >= 11 is 0. The summed E-state index contributed by atoms with van der Waals surface area (Å²) in [5.74, 6) is 0. The van der Waals surface area contributed by atoms with Gasteiger partial charge in [0, 0.05) is 12.7 Å². The molecule has 2 heterocycles. The lowest BCUT2D eigenvalue weighted by atomic mass is 10.1. The van der Waals surface area contributed by atoms with Crippen LogP contribution in [0.3, 0.4) is 0 Å². The summed E-state index contributed by atoms with van der Waals surface area (Å²) in [6.45, 7) is 1.04. The molecule has 0 unspecified atom stereocenters. The number of rotatable bonds is 1. The van der Waals surface area contributed by atoms with Gasteiger partial charge < -0.3 is 5.32 Å². The van der Waals surface area contributed by atoms with Gasteiger partial charge in [-0.2, -0.15) is 5.10 Å². The van der Waals surface area contributed by atoms with Crippen LogP contribution in [-0.2, 0) is 0 Å². The Morgan fingerprint density at radius 2 is 2.42 bits per heavy atom. The maximum atomic E-state index is 4.02. The van der Waals surface area contributed by atoms with Gasteiger partial charge in [-0.05, 0) is 25.0 Å². The number of hydrogen-bond acceptors (Lipinski definition) is 3. The lowest BCUT2D eigenvalue weighted by molar-refractivity contribution is 0.738. The van der Waals surface area contributed by atoms with Crippen molar-refractivity contribution >= 4 is 5.70 Å². The lowest BCUT2D eigenvalue weighted by Gasteiger charge is -2.13. The molecule has 0 amide bonds. The molecule has 2 rings (SSSR count). The fourth-order valence-electron chi connectivity index (χ4n) is 1.28. The molecule has 1 aromatic heterocycles. The standard InChI is InChI=1S/C9H11N3/c1-2-6-10-8(4-1)9-5-3-7-11-12-9/h3-5,7,10H,1-2,6H2. The molecule has 0 aliphatic carbocycles. The summed E-state index contributed by atoms with van der Waals surface area (Å²) in [6, 6.07) is 3.87. The smallest absolute Gasteiger partial charge is 0.108 e. The van der Waals surface area contributed by atoms with Crippen molar-refractivity contribution in [3.63, 3.8) is 0 Å². The van der Waals surface area contributed by atoms with Crippen molar-refractivity contribution in [3.8, 4) is 0 Å². The van der Waals surface area contributed by atoms with Gasteiger partial charge in [-0.3, -0.25) is 0 Å². The van der Waals surface area contributed by atoms with E-state index in [-0.39, 0.29) is 0 Å². The Morgan fingerprint density at radius 3 is 3.08 bits per heavy atom. The Labute approximate surface area is 71.5 Å². The number of nitrogens with zero attached hydrogens (tertiary/aromatic N) is 2. The highest BCUT2D eigenvalue weighted by atomic mass is 15.1. The normalized spacial score (nSPS) is 16.5. The molecule has 1 aliphatic heterocycles. The second kappa shape index (κ2) is 3.34. The van der Waals surface area contributed by atoms with Gasteiger partial charge in [-0.25, -0.2) is 0 Å². The van der Waals surface area contributed by atoms with E-state index in [1.165, 1.54) is 6.42 Å². The molecule has 12 heavy (non-hydrogen) atoms. The SMILES string of the molecule is C1=C(c2cccnn2)NCCC1. The number of aromatic nitrogens is 2. The van der Waals surface area contributed by atoms with Crippen LogP contribution in [0.5, 0.6) is 0 Å². The van der Waals surface area contributed by atoms with E-state index in [9.17, 15) is 0 Å². The third-order valence-corrected chi connectivity index (χ3v) is 1.89. The summed E-state index contributed by atoms with van der Waals surface area (Å²) in [6.07, 6.45) is 6.21. The summed E-state index contributed by atoms with van der Waals surface area (Å²) in [7, 11) is 0. The van der Waals surface area contributed by atoms with E-state index < -0.39 is 0 Å². The van der Waals surface area contributed by atoms with Crippen LogP contribution >= 0.6 is 0 Å². The highest BCUT2D eigenvalue weighted by Crippen LogP contribution is 2.12. The van der Waals surface area contributed by atoms with Crippen LogP contribution in [-0.4, -0.2) is 16.7 Å². The minimum absolute atomic E-state index is 0.942. The van der Waals surface area contributed by atoms with Crippen LogP contribution in [0.1, 0.15) is 18.5 Å². The van der Waals surface area contributed by atoms with Gasteiger partial charge in [0.1, 0.15) is 5.69 Å². The quantitative estimate of drug-likeness (QED) is 0.672. The maximum absolute atomic E-state index is 4.02. The molecule has 1 N–H and O–H groups in total. The number of hydrogen-bond donors (Lipinski definition) is 1. The second-order valence-electron chi connectivity index (χ2n) is 2.80. The molecular formula is C9H11N3. The van der Waals surface area contributed by atoms with Crippen LogP contribution < -0.4 is 5.32 Å². The number of allylic oxidation sites excluding steroid dienone is 1. The largest absolute Gasteiger partial charge is 0.383 e. The molecule has 3 nitrogen and oxygen atoms in total. The van der Waals surface area contributed by atoms with E-state index >= 15 is 0 Å². The monoisotopic (exact) mass is 161 g/mol. The van der Waals surface area contributed by atoms with Crippen molar-refractivity contribution in [1.29, 1.82) is 0 Å². The van der Waals surface area contributed by atoms with E-state index in [1.807, 2.05) is 12.1 Å². The molecule has 0 fully saturated rings. The van der Waals surface area contributed by atoms with E-state index in [0.29, 0.717) is 0 Å². The van der Waals surface area contributed by atoms with Crippen LogP contribution in [0.2, 0.25) is 0 Å². The highest BCUT2D eigenvalue weighted by molar-refractivity contribution is 5.60. The zero-order chi connectivity index (χ0) is 8.23.